The van der Waals surface area contributed by atoms with Gasteiger partial charge in [0.25, 0.3) is 0 Å². The van der Waals surface area contributed by atoms with Crippen LogP contribution in [0.25, 0.3) is 11.3 Å². The molecule has 3 aromatic heterocycles. The Morgan fingerprint density at radius 2 is 1.85 bits per heavy atom. The van der Waals surface area contributed by atoms with Crippen LogP contribution in [0.5, 0.6) is 0 Å². The number of aromatic nitrogens is 6. The Labute approximate surface area is 158 Å². The molecule has 7 nitrogen and oxygen atoms in total. The fraction of sp³-hybridized carbons (Fsp3) is 0.450. The second-order valence-corrected chi connectivity index (χ2v) is 7.45. The summed E-state index contributed by atoms with van der Waals surface area (Å²) in [7, 11) is 0. The molecule has 0 amide bonds. The molecule has 4 heterocycles. The highest BCUT2D eigenvalue weighted by atomic mass is 15.4. The van der Waals surface area contributed by atoms with E-state index in [1.807, 2.05) is 32.2 Å². The number of hydrogen-bond donors (Lipinski definition) is 0. The quantitative estimate of drug-likeness (QED) is 0.714. The van der Waals surface area contributed by atoms with E-state index in [2.05, 4.69) is 25.6 Å². The number of hydrogen-bond acceptors (Lipinski definition) is 6. The van der Waals surface area contributed by atoms with Gasteiger partial charge in [0.2, 0.25) is 5.95 Å². The van der Waals surface area contributed by atoms with Crippen LogP contribution in [0.1, 0.15) is 41.8 Å². The zero-order chi connectivity index (χ0) is 18.4. The Hall–Kier alpha value is -2.83. The highest BCUT2D eigenvalue weighted by Crippen LogP contribution is 2.38. The Morgan fingerprint density at radius 3 is 2.67 bits per heavy atom. The van der Waals surface area contributed by atoms with Crippen LogP contribution in [0.15, 0.2) is 24.4 Å². The van der Waals surface area contributed by atoms with E-state index in [0.717, 1.165) is 66.3 Å². The molecule has 3 aromatic rings. The van der Waals surface area contributed by atoms with Crippen LogP contribution >= 0.6 is 0 Å². The molecule has 1 saturated carbocycles. The van der Waals surface area contributed by atoms with Crippen LogP contribution in [0.4, 0.5) is 5.95 Å². The lowest BCUT2D eigenvalue weighted by molar-refractivity contribution is 0.600. The topological polar surface area (TPSA) is 72.6 Å². The van der Waals surface area contributed by atoms with Gasteiger partial charge in [0.1, 0.15) is 5.82 Å². The van der Waals surface area contributed by atoms with E-state index in [0.29, 0.717) is 5.92 Å². The van der Waals surface area contributed by atoms with E-state index in [4.69, 9.17) is 15.1 Å². The average Bonchev–Trinajstić information content (AvgIpc) is 3.46. The summed E-state index contributed by atoms with van der Waals surface area (Å²) in [6.07, 6.45) is 5.19. The standard InChI is InChI=1S/C20H23N7/c1-13-3-6-16(14(2)22-13)17-7-9-21-20(23-17)26-10-8-18-24-19(15-4-5-15)25-27(18)12-11-26/h3,6-7,9,15H,4-5,8,10-12H2,1-2H3. The molecule has 1 aliphatic heterocycles. The molecule has 5 rings (SSSR count). The summed E-state index contributed by atoms with van der Waals surface area (Å²) in [5, 5.41) is 4.72. The molecule has 1 fully saturated rings. The summed E-state index contributed by atoms with van der Waals surface area (Å²) < 4.78 is 2.07. The predicted octanol–water partition coefficient (Wildman–Crippen LogP) is 2.69. The maximum Gasteiger partial charge on any atom is 0.225 e. The summed E-state index contributed by atoms with van der Waals surface area (Å²) in [6, 6.07) is 6.07. The van der Waals surface area contributed by atoms with Crippen molar-refractivity contribution in [3.63, 3.8) is 0 Å². The maximum atomic E-state index is 4.83. The largest absolute Gasteiger partial charge is 0.338 e. The van der Waals surface area contributed by atoms with Crippen molar-refractivity contribution in [1.82, 2.24) is 29.7 Å². The lowest BCUT2D eigenvalue weighted by Gasteiger charge is -2.20. The number of fused-ring (bicyclic) bond motifs is 1. The second-order valence-electron chi connectivity index (χ2n) is 7.45. The van der Waals surface area contributed by atoms with Gasteiger partial charge in [0.15, 0.2) is 5.82 Å². The van der Waals surface area contributed by atoms with Gasteiger partial charge in [-0.3, -0.25) is 4.98 Å². The number of nitrogens with zero attached hydrogens (tertiary/aromatic N) is 7. The van der Waals surface area contributed by atoms with Crippen molar-refractivity contribution in [2.75, 3.05) is 18.0 Å². The molecule has 7 heteroatoms. The van der Waals surface area contributed by atoms with Crippen molar-refractivity contribution in [1.29, 1.82) is 0 Å². The number of anilines is 1. The summed E-state index contributed by atoms with van der Waals surface area (Å²) >= 11 is 0. The van der Waals surface area contributed by atoms with Crippen molar-refractivity contribution in [2.45, 2.75) is 45.6 Å². The minimum Gasteiger partial charge on any atom is -0.338 e. The SMILES string of the molecule is Cc1ccc(-c2ccnc(N3CCc4nc(C5CC5)nn4CC3)n2)c(C)n1. The molecule has 0 unspecified atom stereocenters. The normalized spacial score (nSPS) is 16.9. The highest BCUT2D eigenvalue weighted by molar-refractivity contribution is 5.62. The van der Waals surface area contributed by atoms with Crippen molar-refractivity contribution in [3.8, 4) is 11.3 Å². The Bertz CT molecular complexity index is 964. The van der Waals surface area contributed by atoms with Gasteiger partial charge in [0, 0.05) is 48.6 Å². The minimum atomic E-state index is 0.604. The first-order valence-electron chi connectivity index (χ1n) is 9.63. The molecule has 27 heavy (non-hydrogen) atoms. The Kier molecular flexibility index (Phi) is 3.88. The zero-order valence-corrected chi connectivity index (χ0v) is 15.8. The van der Waals surface area contributed by atoms with Crippen LogP contribution in [0, 0.1) is 13.8 Å². The molecule has 0 spiro atoms. The van der Waals surface area contributed by atoms with E-state index in [-0.39, 0.29) is 0 Å². The Morgan fingerprint density at radius 1 is 0.963 bits per heavy atom. The smallest absolute Gasteiger partial charge is 0.225 e. The van der Waals surface area contributed by atoms with Gasteiger partial charge in [-0.15, -0.1) is 0 Å². The monoisotopic (exact) mass is 361 g/mol. The predicted molar refractivity (Wildman–Crippen MR) is 103 cm³/mol. The molecule has 0 bridgehead atoms. The fourth-order valence-electron chi connectivity index (χ4n) is 3.64. The van der Waals surface area contributed by atoms with Crippen LogP contribution < -0.4 is 4.90 Å². The van der Waals surface area contributed by atoms with Gasteiger partial charge in [-0.25, -0.2) is 19.6 Å². The molecular weight excluding hydrogens is 338 g/mol. The molecule has 1 aliphatic carbocycles. The highest BCUT2D eigenvalue weighted by Gasteiger charge is 2.29. The van der Waals surface area contributed by atoms with Crippen LogP contribution in [-0.2, 0) is 13.0 Å². The first kappa shape index (κ1) is 16.4. The number of pyridine rings is 1. The lowest BCUT2D eigenvalue weighted by Crippen LogP contribution is -2.28. The molecule has 0 N–H and O–H groups in total. The van der Waals surface area contributed by atoms with Crippen molar-refractivity contribution < 1.29 is 0 Å². The fourth-order valence-corrected chi connectivity index (χ4v) is 3.64. The Balaban J connectivity index is 1.38. The van der Waals surface area contributed by atoms with Crippen LogP contribution in [0.2, 0.25) is 0 Å². The van der Waals surface area contributed by atoms with Gasteiger partial charge >= 0.3 is 0 Å². The first-order chi connectivity index (χ1) is 13.2. The third-order valence-corrected chi connectivity index (χ3v) is 5.32. The summed E-state index contributed by atoms with van der Waals surface area (Å²) in [6.45, 7) is 6.56. The molecule has 2 aliphatic rings. The lowest BCUT2D eigenvalue weighted by atomic mass is 10.1. The number of aryl methyl sites for hydroxylation is 2. The van der Waals surface area contributed by atoms with E-state index in [1.54, 1.807) is 0 Å². The van der Waals surface area contributed by atoms with Crippen molar-refractivity contribution in [2.24, 2.45) is 0 Å². The van der Waals surface area contributed by atoms with Crippen molar-refractivity contribution >= 4 is 5.95 Å². The van der Waals surface area contributed by atoms with E-state index < -0.39 is 0 Å². The third kappa shape index (κ3) is 3.18. The van der Waals surface area contributed by atoms with Crippen LogP contribution in [-0.4, -0.2) is 42.8 Å². The first-order valence-corrected chi connectivity index (χ1v) is 9.63. The van der Waals surface area contributed by atoms with E-state index >= 15 is 0 Å². The second kappa shape index (κ2) is 6.40. The van der Waals surface area contributed by atoms with E-state index in [1.165, 1.54) is 12.8 Å². The molecule has 0 radical (unpaired) electrons. The van der Waals surface area contributed by atoms with E-state index in [9.17, 15) is 0 Å². The van der Waals surface area contributed by atoms with Gasteiger partial charge < -0.3 is 4.90 Å². The molecule has 138 valence electrons. The minimum absolute atomic E-state index is 0.604. The molecular formula is C20H23N7. The van der Waals surface area contributed by atoms with Crippen LogP contribution in [0.3, 0.4) is 0 Å². The van der Waals surface area contributed by atoms with Crippen molar-refractivity contribution in [3.05, 3.63) is 47.4 Å². The summed E-state index contributed by atoms with van der Waals surface area (Å²) in [5.74, 6) is 3.50. The molecule has 0 aromatic carbocycles. The molecule has 0 saturated heterocycles. The average molecular weight is 361 g/mol. The third-order valence-electron chi connectivity index (χ3n) is 5.32. The number of rotatable bonds is 3. The summed E-state index contributed by atoms with van der Waals surface area (Å²) in [5.41, 5.74) is 3.99. The van der Waals surface area contributed by atoms with Gasteiger partial charge in [-0.2, -0.15) is 5.10 Å². The van der Waals surface area contributed by atoms with Gasteiger partial charge in [-0.05, 0) is 44.9 Å². The maximum absolute atomic E-state index is 4.83. The summed E-state index contributed by atoms with van der Waals surface area (Å²) in [4.78, 5) is 20.9. The molecule has 0 atom stereocenters. The zero-order valence-electron chi connectivity index (χ0n) is 15.8. The van der Waals surface area contributed by atoms with Gasteiger partial charge in [-0.1, -0.05) is 0 Å². The van der Waals surface area contributed by atoms with Gasteiger partial charge in [0.05, 0.1) is 12.2 Å².